The molecule has 0 amide bonds. The lowest BCUT2D eigenvalue weighted by Gasteiger charge is -2.18. The molecule has 0 aromatic heterocycles. The average molecular weight is 857 g/mol. The molecular formula is C55H100O6. The van der Waals surface area contributed by atoms with Gasteiger partial charge in [0, 0.05) is 19.3 Å². The van der Waals surface area contributed by atoms with E-state index in [0.29, 0.717) is 19.3 Å². The Morgan fingerprint density at radius 2 is 0.590 bits per heavy atom. The first kappa shape index (κ1) is 58.6. The normalized spacial score (nSPS) is 12.2. The number of ether oxygens (including phenoxy) is 3. The van der Waals surface area contributed by atoms with Gasteiger partial charge in [-0.25, -0.2) is 0 Å². The van der Waals surface area contributed by atoms with Crippen LogP contribution in [0.15, 0.2) is 36.5 Å². The SMILES string of the molecule is CCCCC/C=C\C/C=C\CCCCCCCC(=O)OC[C@H](COC(=O)CCCCCCCCCCCCCCC)OC(=O)CCCCCCC/C=C\CCCCCCCC. The van der Waals surface area contributed by atoms with Crippen molar-refractivity contribution in [3.8, 4) is 0 Å². The summed E-state index contributed by atoms with van der Waals surface area (Å²) in [5.41, 5.74) is 0. The van der Waals surface area contributed by atoms with Crippen molar-refractivity contribution < 1.29 is 28.6 Å². The van der Waals surface area contributed by atoms with Crippen molar-refractivity contribution >= 4 is 17.9 Å². The number of carbonyl (C=O) groups is 3. The highest BCUT2D eigenvalue weighted by Crippen LogP contribution is 2.15. The highest BCUT2D eigenvalue weighted by Gasteiger charge is 2.19. The van der Waals surface area contributed by atoms with Crippen molar-refractivity contribution in [2.24, 2.45) is 0 Å². The fourth-order valence-electron chi connectivity index (χ4n) is 7.59. The molecule has 0 saturated heterocycles. The van der Waals surface area contributed by atoms with E-state index in [1.54, 1.807) is 0 Å². The summed E-state index contributed by atoms with van der Waals surface area (Å²) in [6.07, 6.45) is 58.3. The van der Waals surface area contributed by atoms with Gasteiger partial charge >= 0.3 is 17.9 Å². The fourth-order valence-corrected chi connectivity index (χ4v) is 7.59. The largest absolute Gasteiger partial charge is 0.462 e. The van der Waals surface area contributed by atoms with E-state index in [1.165, 1.54) is 154 Å². The fraction of sp³-hybridized carbons (Fsp3) is 0.836. The second-order valence-electron chi connectivity index (χ2n) is 17.8. The summed E-state index contributed by atoms with van der Waals surface area (Å²) in [5.74, 6) is -0.889. The second-order valence-corrected chi connectivity index (χ2v) is 17.8. The highest BCUT2D eigenvalue weighted by molar-refractivity contribution is 5.71. The zero-order chi connectivity index (χ0) is 44.4. The van der Waals surface area contributed by atoms with Crippen LogP contribution in [0.25, 0.3) is 0 Å². The highest BCUT2D eigenvalue weighted by atomic mass is 16.6. The van der Waals surface area contributed by atoms with Crippen LogP contribution in [0.4, 0.5) is 0 Å². The van der Waals surface area contributed by atoms with Gasteiger partial charge < -0.3 is 14.2 Å². The molecule has 0 N–H and O–H groups in total. The molecule has 1 atom stereocenters. The minimum atomic E-state index is -0.778. The van der Waals surface area contributed by atoms with Gasteiger partial charge in [0.15, 0.2) is 6.10 Å². The van der Waals surface area contributed by atoms with Crippen LogP contribution in [0.1, 0.15) is 278 Å². The van der Waals surface area contributed by atoms with Crippen LogP contribution < -0.4 is 0 Å². The first-order chi connectivity index (χ1) is 30.0. The number of hydrogen-bond acceptors (Lipinski definition) is 6. The lowest BCUT2D eigenvalue weighted by atomic mass is 10.0. The van der Waals surface area contributed by atoms with Crippen molar-refractivity contribution in [1.82, 2.24) is 0 Å². The first-order valence-electron chi connectivity index (χ1n) is 26.5. The lowest BCUT2D eigenvalue weighted by molar-refractivity contribution is -0.167. The summed E-state index contributed by atoms with van der Waals surface area (Å²) in [6, 6.07) is 0. The molecule has 0 rings (SSSR count). The summed E-state index contributed by atoms with van der Waals surface area (Å²) in [7, 11) is 0. The Morgan fingerprint density at radius 1 is 0.328 bits per heavy atom. The quantitative estimate of drug-likeness (QED) is 0.0262. The molecule has 6 nitrogen and oxygen atoms in total. The molecule has 0 fully saturated rings. The lowest BCUT2D eigenvalue weighted by Crippen LogP contribution is -2.30. The smallest absolute Gasteiger partial charge is 0.306 e. The maximum atomic E-state index is 12.8. The van der Waals surface area contributed by atoms with E-state index in [2.05, 4.69) is 57.2 Å². The third kappa shape index (κ3) is 48.5. The van der Waals surface area contributed by atoms with Crippen molar-refractivity contribution in [2.75, 3.05) is 13.2 Å². The average Bonchev–Trinajstić information content (AvgIpc) is 3.26. The number of carbonyl (C=O) groups excluding carboxylic acids is 3. The van der Waals surface area contributed by atoms with Gasteiger partial charge in [-0.1, -0.05) is 218 Å². The molecule has 0 heterocycles. The molecular weight excluding hydrogens is 757 g/mol. The molecule has 0 aliphatic heterocycles. The van der Waals surface area contributed by atoms with Crippen LogP contribution >= 0.6 is 0 Å². The first-order valence-corrected chi connectivity index (χ1v) is 26.5. The molecule has 0 spiro atoms. The van der Waals surface area contributed by atoms with Gasteiger partial charge in [-0.15, -0.1) is 0 Å². The molecule has 0 aromatic rings. The maximum absolute atomic E-state index is 12.8. The third-order valence-corrected chi connectivity index (χ3v) is 11.6. The molecule has 0 bridgehead atoms. The van der Waals surface area contributed by atoms with Gasteiger partial charge in [0.1, 0.15) is 13.2 Å². The van der Waals surface area contributed by atoms with E-state index in [1.807, 2.05) is 0 Å². The van der Waals surface area contributed by atoms with Gasteiger partial charge in [-0.3, -0.25) is 14.4 Å². The molecule has 61 heavy (non-hydrogen) atoms. The molecule has 0 saturated carbocycles. The number of hydrogen-bond donors (Lipinski definition) is 0. The summed E-state index contributed by atoms with van der Waals surface area (Å²) in [4.78, 5) is 38.0. The Hall–Kier alpha value is -2.37. The third-order valence-electron chi connectivity index (χ3n) is 11.6. The number of unbranched alkanes of at least 4 members (excludes halogenated alkanes) is 31. The molecule has 6 heteroatoms. The summed E-state index contributed by atoms with van der Waals surface area (Å²) >= 11 is 0. The maximum Gasteiger partial charge on any atom is 0.306 e. The van der Waals surface area contributed by atoms with Crippen molar-refractivity contribution in [2.45, 2.75) is 284 Å². The van der Waals surface area contributed by atoms with Gasteiger partial charge in [-0.05, 0) is 77.0 Å². The number of esters is 3. The summed E-state index contributed by atoms with van der Waals surface area (Å²) in [6.45, 7) is 6.61. The molecule has 356 valence electrons. The van der Waals surface area contributed by atoms with E-state index in [9.17, 15) is 14.4 Å². The Morgan fingerprint density at radius 3 is 0.951 bits per heavy atom. The predicted octanol–water partition coefficient (Wildman–Crippen LogP) is 17.3. The van der Waals surface area contributed by atoms with Crippen LogP contribution in [0.5, 0.6) is 0 Å². The van der Waals surface area contributed by atoms with Crippen molar-refractivity contribution in [3.05, 3.63) is 36.5 Å². The van der Waals surface area contributed by atoms with Gasteiger partial charge in [0.25, 0.3) is 0 Å². The van der Waals surface area contributed by atoms with Crippen LogP contribution in [0.2, 0.25) is 0 Å². The zero-order valence-electron chi connectivity index (χ0n) is 40.7. The minimum Gasteiger partial charge on any atom is -0.462 e. The Kier molecular flexibility index (Phi) is 48.3. The number of rotatable bonds is 48. The van der Waals surface area contributed by atoms with Crippen LogP contribution in [-0.2, 0) is 28.6 Å². The van der Waals surface area contributed by atoms with Gasteiger partial charge in [0.05, 0.1) is 0 Å². The summed E-state index contributed by atoms with van der Waals surface area (Å²) in [5, 5.41) is 0. The molecule has 0 aromatic carbocycles. The molecule has 0 aliphatic carbocycles. The Labute approximate surface area is 378 Å². The summed E-state index contributed by atoms with van der Waals surface area (Å²) < 4.78 is 16.8. The topological polar surface area (TPSA) is 78.9 Å². The van der Waals surface area contributed by atoms with E-state index < -0.39 is 6.10 Å². The second kappa shape index (κ2) is 50.3. The van der Waals surface area contributed by atoms with E-state index >= 15 is 0 Å². The van der Waals surface area contributed by atoms with Gasteiger partial charge in [-0.2, -0.15) is 0 Å². The van der Waals surface area contributed by atoms with Crippen LogP contribution in [0.3, 0.4) is 0 Å². The Balaban J connectivity index is 4.39. The van der Waals surface area contributed by atoms with Crippen molar-refractivity contribution in [3.63, 3.8) is 0 Å². The predicted molar refractivity (Wildman–Crippen MR) is 261 cm³/mol. The monoisotopic (exact) mass is 857 g/mol. The van der Waals surface area contributed by atoms with Crippen LogP contribution in [-0.4, -0.2) is 37.2 Å². The minimum absolute atomic E-state index is 0.0770. The van der Waals surface area contributed by atoms with Gasteiger partial charge in [0.2, 0.25) is 0 Å². The van der Waals surface area contributed by atoms with E-state index in [0.717, 1.165) is 83.5 Å². The van der Waals surface area contributed by atoms with Crippen LogP contribution in [0, 0.1) is 0 Å². The molecule has 0 radical (unpaired) electrons. The van der Waals surface area contributed by atoms with E-state index in [-0.39, 0.29) is 31.1 Å². The Bertz CT molecular complexity index is 1030. The number of allylic oxidation sites excluding steroid dienone is 6. The van der Waals surface area contributed by atoms with Crippen molar-refractivity contribution in [1.29, 1.82) is 0 Å². The molecule has 0 unspecified atom stereocenters. The zero-order valence-corrected chi connectivity index (χ0v) is 40.7. The molecule has 0 aliphatic rings. The standard InChI is InChI=1S/C55H100O6/c1-4-7-10-13-16-19-22-25-27-30-33-36-39-42-45-48-54(57)60-51-52(50-59-53(56)47-44-41-38-35-32-29-24-21-18-15-12-9-6-3)61-55(58)49-46-43-40-37-34-31-28-26-23-20-17-14-11-8-5-2/h16,19,25-28,52H,4-15,17-18,20-24,29-51H2,1-3H3/b19-16-,27-25-,28-26-/t52-/m0/s1. The van der Waals surface area contributed by atoms with E-state index in [4.69, 9.17) is 14.2 Å².